The molecule has 2 rings (SSSR count). The third-order valence-electron chi connectivity index (χ3n) is 2.47. The monoisotopic (exact) mass is 270 g/mol. The fraction of sp³-hybridized carbons (Fsp3) is 0.636. The second-order valence-electron chi connectivity index (χ2n) is 3.92. The molecule has 0 aliphatic carbocycles. The molecule has 0 amide bonds. The Hall–Kier alpha value is -0.620. The SMILES string of the molecule is CNc1nc(C)cc(NCC2CSCCS2)n1. The summed E-state index contributed by atoms with van der Waals surface area (Å²) in [6.07, 6.45) is 0. The molecule has 1 atom stereocenters. The van der Waals surface area contributed by atoms with Crippen molar-refractivity contribution in [3.05, 3.63) is 11.8 Å². The second kappa shape index (κ2) is 6.35. The largest absolute Gasteiger partial charge is 0.369 e. The van der Waals surface area contributed by atoms with E-state index < -0.39 is 0 Å². The fourth-order valence-corrected chi connectivity index (χ4v) is 4.26. The number of aryl methyl sites for hydroxylation is 1. The summed E-state index contributed by atoms with van der Waals surface area (Å²) in [7, 11) is 1.84. The molecule has 94 valence electrons. The molecule has 1 fully saturated rings. The Labute approximate surface area is 111 Å². The van der Waals surface area contributed by atoms with Crippen LogP contribution in [0.5, 0.6) is 0 Å². The molecule has 0 bridgehead atoms. The van der Waals surface area contributed by atoms with Crippen LogP contribution in [0.1, 0.15) is 5.69 Å². The summed E-state index contributed by atoms with van der Waals surface area (Å²) in [5.74, 6) is 5.39. The van der Waals surface area contributed by atoms with E-state index in [2.05, 4.69) is 32.4 Å². The molecule has 0 spiro atoms. The first-order chi connectivity index (χ1) is 8.28. The number of nitrogens with zero attached hydrogens (tertiary/aromatic N) is 2. The molecule has 1 saturated heterocycles. The molecule has 17 heavy (non-hydrogen) atoms. The predicted octanol–water partition coefficient (Wildman–Crippen LogP) is 2.09. The predicted molar refractivity (Wildman–Crippen MR) is 78.4 cm³/mol. The summed E-state index contributed by atoms with van der Waals surface area (Å²) < 4.78 is 0. The molecular formula is C11H18N4S2. The van der Waals surface area contributed by atoms with Gasteiger partial charge in [0, 0.05) is 47.9 Å². The zero-order valence-electron chi connectivity index (χ0n) is 10.2. The van der Waals surface area contributed by atoms with Crippen LogP contribution >= 0.6 is 23.5 Å². The number of rotatable bonds is 4. The first-order valence-corrected chi connectivity index (χ1v) is 7.95. The molecule has 1 aliphatic heterocycles. The summed E-state index contributed by atoms with van der Waals surface area (Å²) in [4.78, 5) is 8.66. The van der Waals surface area contributed by atoms with Gasteiger partial charge in [-0.15, -0.1) is 0 Å². The minimum Gasteiger partial charge on any atom is -0.369 e. The van der Waals surface area contributed by atoms with Gasteiger partial charge in [0.25, 0.3) is 0 Å². The standard InChI is InChI=1S/C11H18N4S2/c1-8-5-10(15-11(12-2)14-8)13-6-9-7-16-3-4-17-9/h5,9H,3-4,6-7H2,1-2H3,(H2,12,13,14,15). The van der Waals surface area contributed by atoms with Crippen LogP contribution in [-0.4, -0.2) is 46.1 Å². The van der Waals surface area contributed by atoms with Crippen LogP contribution in [0.4, 0.5) is 11.8 Å². The fourth-order valence-electron chi connectivity index (χ4n) is 1.64. The van der Waals surface area contributed by atoms with E-state index in [0.29, 0.717) is 11.2 Å². The van der Waals surface area contributed by atoms with Crippen LogP contribution < -0.4 is 10.6 Å². The average Bonchev–Trinajstić information content (AvgIpc) is 2.37. The Morgan fingerprint density at radius 1 is 1.41 bits per heavy atom. The van der Waals surface area contributed by atoms with Crippen LogP contribution in [0.3, 0.4) is 0 Å². The third-order valence-corrected chi connectivity index (χ3v) is 5.32. The molecule has 1 aromatic heterocycles. The van der Waals surface area contributed by atoms with Crippen molar-refractivity contribution >= 4 is 35.3 Å². The van der Waals surface area contributed by atoms with Gasteiger partial charge in [-0.05, 0) is 6.92 Å². The lowest BCUT2D eigenvalue weighted by molar-refractivity contribution is 0.982. The van der Waals surface area contributed by atoms with Crippen molar-refractivity contribution in [1.29, 1.82) is 0 Å². The van der Waals surface area contributed by atoms with Gasteiger partial charge in [0.2, 0.25) is 5.95 Å². The molecule has 1 aromatic rings. The first kappa shape index (κ1) is 12.8. The topological polar surface area (TPSA) is 49.8 Å². The van der Waals surface area contributed by atoms with Gasteiger partial charge in [-0.1, -0.05) is 0 Å². The van der Waals surface area contributed by atoms with E-state index in [-0.39, 0.29) is 0 Å². The zero-order chi connectivity index (χ0) is 12.1. The molecule has 4 nitrogen and oxygen atoms in total. The lowest BCUT2D eigenvalue weighted by atomic mass is 10.4. The summed E-state index contributed by atoms with van der Waals surface area (Å²) in [6.45, 7) is 2.97. The smallest absolute Gasteiger partial charge is 0.224 e. The van der Waals surface area contributed by atoms with Gasteiger partial charge in [0.15, 0.2) is 0 Å². The van der Waals surface area contributed by atoms with Gasteiger partial charge in [-0.2, -0.15) is 28.5 Å². The third kappa shape index (κ3) is 3.96. The Kier molecular flexibility index (Phi) is 4.79. The highest BCUT2D eigenvalue weighted by atomic mass is 32.2. The van der Waals surface area contributed by atoms with E-state index in [4.69, 9.17) is 0 Å². The van der Waals surface area contributed by atoms with Gasteiger partial charge >= 0.3 is 0 Å². The molecule has 0 radical (unpaired) electrons. The average molecular weight is 270 g/mol. The molecular weight excluding hydrogens is 252 g/mol. The Balaban J connectivity index is 1.91. The highest BCUT2D eigenvalue weighted by Crippen LogP contribution is 2.24. The molecule has 0 saturated carbocycles. The second-order valence-corrected chi connectivity index (χ2v) is 6.47. The normalized spacial score (nSPS) is 20.0. The Morgan fingerprint density at radius 3 is 3.00 bits per heavy atom. The van der Waals surface area contributed by atoms with Gasteiger partial charge in [-0.3, -0.25) is 0 Å². The van der Waals surface area contributed by atoms with Crippen molar-refractivity contribution in [1.82, 2.24) is 9.97 Å². The van der Waals surface area contributed by atoms with E-state index in [1.165, 1.54) is 17.3 Å². The van der Waals surface area contributed by atoms with Crippen LogP contribution in [0.15, 0.2) is 6.07 Å². The summed E-state index contributed by atoms with van der Waals surface area (Å²) in [5.41, 5.74) is 0.984. The minimum atomic E-state index is 0.679. The molecule has 1 unspecified atom stereocenters. The highest BCUT2D eigenvalue weighted by Gasteiger charge is 2.14. The lowest BCUT2D eigenvalue weighted by Gasteiger charge is -2.21. The van der Waals surface area contributed by atoms with Gasteiger partial charge in [0.1, 0.15) is 5.82 Å². The molecule has 2 heterocycles. The number of anilines is 2. The molecule has 0 aromatic carbocycles. The quantitative estimate of drug-likeness (QED) is 0.874. The number of hydrogen-bond donors (Lipinski definition) is 2. The van der Waals surface area contributed by atoms with Crippen molar-refractivity contribution in [3.63, 3.8) is 0 Å². The molecule has 2 N–H and O–H groups in total. The van der Waals surface area contributed by atoms with Crippen LogP contribution in [0.25, 0.3) is 0 Å². The summed E-state index contributed by atoms with van der Waals surface area (Å²) in [6, 6.07) is 1.99. The summed E-state index contributed by atoms with van der Waals surface area (Å²) in [5, 5.41) is 7.08. The number of nitrogens with one attached hydrogen (secondary N) is 2. The van der Waals surface area contributed by atoms with Crippen molar-refractivity contribution in [2.75, 3.05) is 41.5 Å². The van der Waals surface area contributed by atoms with E-state index in [1.54, 1.807) is 0 Å². The maximum absolute atomic E-state index is 4.39. The van der Waals surface area contributed by atoms with E-state index >= 15 is 0 Å². The number of thioether (sulfide) groups is 2. The van der Waals surface area contributed by atoms with E-state index in [0.717, 1.165) is 18.1 Å². The maximum atomic E-state index is 4.39. The van der Waals surface area contributed by atoms with Gasteiger partial charge < -0.3 is 10.6 Å². The van der Waals surface area contributed by atoms with Crippen LogP contribution in [0.2, 0.25) is 0 Å². The number of aromatic nitrogens is 2. The van der Waals surface area contributed by atoms with Crippen molar-refractivity contribution in [2.45, 2.75) is 12.2 Å². The minimum absolute atomic E-state index is 0.679. The van der Waals surface area contributed by atoms with Gasteiger partial charge in [-0.25, -0.2) is 4.98 Å². The summed E-state index contributed by atoms with van der Waals surface area (Å²) >= 11 is 4.10. The Morgan fingerprint density at radius 2 is 2.29 bits per heavy atom. The van der Waals surface area contributed by atoms with Crippen LogP contribution in [0, 0.1) is 6.92 Å². The van der Waals surface area contributed by atoms with Crippen LogP contribution in [-0.2, 0) is 0 Å². The van der Waals surface area contributed by atoms with Gasteiger partial charge in [0.05, 0.1) is 0 Å². The highest BCUT2D eigenvalue weighted by molar-refractivity contribution is 8.06. The molecule has 1 aliphatic rings. The van der Waals surface area contributed by atoms with E-state index in [1.807, 2.05) is 31.8 Å². The van der Waals surface area contributed by atoms with Crippen molar-refractivity contribution in [3.8, 4) is 0 Å². The lowest BCUT2D eigenvalue weighted by Crippen LogP contribution is -2.23. The Bertz CT molecular complexity index is 366. The maximum Gasteiger partial charge on any atom is 0.224 e. The van der Waals surface area contributed by atoms with E-state index in [9.17, 15) is 0 Å². The molecule has 6 heteroatoms. The number of hydrogen-bond acceptors (Lipinski definition) is 6. The van der Waals surface area contributed by atoms with Crippen molar-refractivity contribution < 1.29 is 0 Å². The zero-order valence-corrected chi connectivity index (χ0v) is 11.8. The van der Waals surface area contributed by atoms with Crippen molar-refractivity contribution in [2.24, 2.45) is 0 Å². The first-order valence-electron chi connectivity index (χ1n) is 5.74.